The number of hydrogen-bond acceptors (Lipinski definition) is 5. The predicted molar refractivity (Wildman–Crippen MR) is 91.3 cm³/mol. The van der Waals surface area contributed by atoms with Crippen LogP contribution in [0.4, 0.5) is 0 Å². The number of esters is 1. The number of ether oxygens (including phenoxy) is 1. The molecule has 5 nitrogen and oxygen atoms in total. The van der Waals surface area contributed by atoms with Gasteiger partial charge < -0.3 is 10.1 Å². The van der Waals surface area contributed by atoms with Crippen LogP contribution in [0.5, 0.6) is 0 Å². The third-order valence-corrected chi connectivity index (χ3v) is 4.69. The molecule has 0 bridgehead atoms. The molecule has 0 amide bonds. The Bertz CT molecular complexity index is 777. The Labute approximate surface area is 142 Å². The van der Waals surface area contributed by atoms with Crippen LogP contribution in [0.15, 0.2) is 46.8 Å². The quantitative estimate of drug-likeness (QED) is 0.841. The summed E-state index contributed by atoms with van der Waals surface area (Å²) in [6.07, 6.45) is 0. The fourth-order valence-corrected chi connectivity index (χ4v) is 3.61. The van der Waals surface area contributed by atoms with Crippen molar-refractivity contribution in [2.45, 2.75) is 19.8 Å². The summed E-state index contributed by atoms with van der Waals surface area (Å²) < 4.78 is 5.01. The molecule has 126 valence electrons. The van der Waals surface area contributed by atoms with Crippen molar-refractivity contribution in [3.63, 3.8) is 0 Å². The first-order chi connectivity index (χ1) is 11.4. The zero-order chi connectivity index (χ0) is 17.4. The van der Waals surface area contributed by atoms with Crippen molar-refractivity contribution < 1.29 is 14.3 Å². The maximum atomic E-state index is 12.8. The lowest BCUT2D eigenvalue weighted by atomic mass is 9.76. The van der Waals surface area contributed by atoms with Gasteiger partial charge >= 0.3 is 5.97 Å². The van der Waals surface area contributed by atoms with E-state index in [1.165, 1.54) is 7.11 Å². The number of methoxy groups -OCH3 is 1. The fourth-order valence-electron chi connectivity index (χ4n) is 3.61. The fraction of sp³-hybridized carbons (Fsp3) is 0.368. The third kappa shape index (κ3) is 2.65. The van der Waals surface area contributed by atoms with E-state index in [1.807, 2.05) is 50.1 Å². The number of carbonyl (C=O) groups excluding carboxylic acids is 2. The minimum Gasteiger partial charge on any atom is -0.466 e. The summed E-state index contributed by atoms with van der Waals surface area (Å²) in [5.74, 6) is -0.726. The number of rotatable bonds is 2. The van der Waals surface area contributed by atoms with Crippen LogP contribution >= 0.6 is 0 Å². The van der Waals surface area contributed by atoms with Crippen LogP contribution < -0.4 is 5.32 Å². The first-order valence-electron chi connectivity index (χ1n) is 8.00. The number of nitrogens with one attached hydrogen (secondary N) is 1. The molecule has 0 saturated carbocycles. The van der Waals surface area contributed by atoms with Gasteiger partial charge in [-0.05, 0) is 32.0 Å². The van der Waals surface area contributed by atoms with Gasteiger partial charge in [-0.25, -0.2) is 4.79 Å². The average molecular weight is 326 g/mol. The van der Waals surface area contributed by atoms with Gasteiger partial charge in [0.05, 0.1) is 19.2 Å². The summed E-state index contributed by atoms with van der Waals surface area (Å²) in [6.45, 7) is 4.88. The number of allylic oxidation sites excluding steroid dienone is 1. The number of aryl methyl sites for hydroxylation is 1. The molecule has 2 aliphatic heterocycles. The number of dihydropyridines is 1. The lowest BCUT2D eigenvalue weighted by Crippen LogP contribution is -2.44. The standard InChI is InChI=1S/C19H22N2O3/c1-11-7-5-6-8-13(11)17-16(19(23)24-4)12(2)20-14-9-21(3)10-15(22)18(14)17/h5-8,17,20H,9-10H2,1-4H3. The molecule has 24 heavy (non-hydrogen) atoms. The average Bonchev–Trinajstić information content (AvgIpc) is 2.53. The maximum absolute atomic E-state index is 12.8. The monoisotopic (exact) mass is 326 g/mol. The van der Waals surface area contributed by atoms with Gasteiger partial charge in [0.2, 0.25) is 0 Å². The first kappa shape index (κ1) is 16.5. The van der Waals surface area contributed by atoms with Gasteiger partial charge in [0, 0.05) is 29.4 Å². The summed E-state index contributed by atoms with van der Waals surface area (Å²) >= 11 is 0. The number of Topliss-reactive ketones (excluding diaryl/α,β-unsaturated/α-hetero) is 1. The molecule has 2 aliphatic rings. The second-order valence-electron chi connectivity index (χ2n) is 6.43. The number of nitrogens with zero attached hydrogens (tertiary/aromatic N) is 1. The van der Waals surface area contributed by atoms with Gasteiger partial charge in [-0.2, -0.15) is 0 Å². The van der Waals surface area contributed by atoms with Crippen molar-refractivity contribution in [1.29, 1.82) is 0 Å². The summed E-state index contributed by atoms with van der Waals surface area (Å²) in [5, 5.41) is 3.26. The van der Waals surface area contributed by atoms with Crippen LogP contribution in [0.25, 0.3) is 0 Å². The first-order valence-corrected chi connectivity index (χ1v) is 8.00. The highest BCUT2D eigenvalue weighted by Gasteiger charge is 2.40. The van der Waals surface area contributed by atoms with Gasteiger partial charge in [-0.1, -0.05) is 24.3 Å². The zero-order valence-electron chi connectivity index (χ0n) is 14.5. The van der Waals surface area contributed by atoms with Gasteiger partial charge in [-0.15, -0.1) is 0 Å². The third-order valence-electron chi connectivity index (χ3n) is 4.69. The summed E-state index contributed by atoms with van der Waals surface area (Å²) in [5.41, 5.74) is 4.86. The number of likely N-dealkylation sites (N-methyl/N-ethyl adjacent to an activating group) is 1. The topological polar surface area (TPSA) is 58.6 Å². The molecule has 2 heterocycles. The number of ketones is 1. The van der Waals surface area contributed by atoms with E-state index in [2.05, 4.69) is 5.32 Å². The summed E-state index contributed by atoms with van der Waals surface area (Å²) in [4.78, 5) is 27.2. The van der Waals surface area contributed by atoms with Crippen molar-refractivity contribution in [3.8, 4) is 0 Å². The molecule has 5 heteroatoms. The van der Waals surface area contributed by atoms with Crippen LogP contribution in [0.3, 0.4) is 0 Å². The van der Waals surface area contributed by atoms with Gasteiger partial charge in [0.1, 0.15) is 0 Å². The predicted octanol–water partition coefficient (Wildman–Crippen LogP) is 1.90. The number of hydrogen-bond donors (Lipinski definition) is 1. The molecule has 3 rings (SSSR count). The Hall–Kier alpha value is -2.40. The van der Waals surface area contributed by atoms with Gasteiger partial charge in [0.15, 0.2) is 5.78 Å². The molecule has 1 atom stereocenters. The Morgan fingerprint density at radius 1 is 1.25 bits per heavy atom. The van der Waals surface area contributed by atoms with E-state index in [9.17, 15) is 9.59 Å². The minimum atomic E-state index is -0.397. The number of benzene rings is 1. The highest BCUT2D eigenvalue weighted by molar-refractivity contribution is 6.04. The summed E-state index contributed by atoms with van der Waals surface area (Å²) in [6, 6.07) is 7.88. The van der Waals surface area contributed by atoms with Crippen molar-refractivity contribution in [1.82, 2.24) is 10.2 Å². The van der Waals surface area contributed by atoms with Crippen molar-refractivity contribution in [2.75, 3.05) is 27.2 Å². The Balaban J connectivity index is 2.23. The van der Waals surface area contributed by atoms with E-state index < -0.39 is 5.97 Å². The second-order valence-corrected chi connectivity index (χ2v) is 6.43. The largest absolute Gasteiger partial charge is 0.466 e. The van der Waals surface area contributed by atoms with Crippen LogP contribution in [0.1, 0.15) is 24.0 Å². The molecule has 0 fully saturated rings. The normalized spacial score (nSPS) is 21.5. The van der Waals surface area contributed by atoms with Crippen LogP contribution in [0, 0.1) is 6.92 Å². The smallest absolute Gasteiger partial charge is 0.336 e. The molecule has 0 radical (unpaired) electrons. The summed E-state index contributed by atoms with van der Waals surface area (Å²) in [7, 11) is 3.29. The van der Waals surface area contributed by atoms with E-state index in [1.54, 1.807) is 0 Å². The maximum Gasteiger partial charge on any atom is 0.336 e. The lowest BCUT2D eigenvalue weighted by Gasteiger charge is -2.37. The molecule has 0 saturated heterocycles. The van der Waals surface area contributed by atoms with E-state index in [0.29, 0.717) is 24.2 Å². The van der Waals surface area contributed by atoms with Crippen molar-refractivity contribution in [3.05, 3.63) is 57.9 Å². The second kappa shape index (κ2) is 6.24. The SMILES string of the molecule is COC(=O)C1=C(C)NC2=C(C(=O)CN(C)C2)C1c1ccccc1C. The molecule has 0 aromatic heterocycles. The molecule has 1 aromatic rings. The van der Waals surface area contributed by atoms with Gasteiger partial charge in [-0.3, -0.25) is 9.69 Å². The molecule has 0 spiro atoms. The van der Waals surface area contributed by atoms with Crippen molar-refractivity contribution in [2.24, 2.45) is 0 Å². The number of carbonyl (C=O) groups is 2. The Kier molecular flexibility index (Phi) is 4.28. The lowest BCUT2D eigenvalue weighted by molar-refractivity contribution is -0.136. The Morgan fingerprint density at radius 2 is 1.96 bits per heavy atom. The van der Waals surface area contributed by atoms with E-state index in [4.69, 9.17) is 4.74 Å². The molecule has 1 aromatic carbocycles. The molecule has 1 unspecified atom stereocenters. The molecule has 1 N–H and O–H groups in total. The minimum absolute atomic E-state index is 0.0495. The van der Waals surface area contributed by atoms with Crippen LogP contribution in [-0.4, -0.2) is 43.9 Å². The van der Waals surface area contributed by atoms with Gasteiger partial charge in [0.25, 0.3) is 0 Å². The van der Waals surface area contributed by atoms with Crippen LogP contribution in [0.2, 0.25) is 0 Å². The highest BCUT2D eigenvalue weighted by Crippen LogP contribution is 2.41. The Morgan fingerprint density at radius 3 is 2.62 bits per heavy atom. The molecular weight excluding hydrogens is 304 g/mol. The van der Waals surface area contributed by atoms with E-state index >= 15 is 0 Å². The zero-order valence-corrected chi connectivity index (χ0v) is 14.5. The van der Waals surface area contributed by atoms with Crippen molar-refractivity contribution >= 4 is 11.8 Å². The van der Waals surface area contributed by atoms with Crippen LogP contribution in [-0.2, 0) is 14.3 Å². The molecular formula is C19H22N2O3. The van der Waals surface area contributed by atoms with E-state index in [0.717, 1.165) is 22.5 Å². The highest BCUT2D eigenvalue weighted by atomic mass is 16.5. The van der Waals surface area contributed by atoms with E-state index in [-0.39, 0.29) is 11.7 Å². The molecule has 0 aliphatic carbocycles.